The van der Waals surface area contributed by atoms with Crippen LogP contribution in [0.2, 0.25) is 0 Å². The molecule has 0 aliphatic heterocycles. The van der Waals surface area contributed by atoms with E-state index in [2.05, 4.69) is 6.07 Å². The molecule has 0 saturated heterocycles. The summed E-state index contributed by atoms with van der Waals surface area (Å²) in [7, 11) is 1.63. The van der Waals surface area contributed by atoms with Crippen LogP contribution < -0.4 is 10.4 Å². The van der Waals surface area contributed by atoms with Gasteiger partial charge >= 0.3 is 5.63 Å². The van der Waals surface area contributed by atoms with Crippen molar-refractivity contribution in [2.24, 2.45) is 0 Å². The minimum absolute atomic E-state index is 0.332. The van der Waals surface area contributed by atoms with Gasteiger partial charge in [0.1, 0.15) is 5.75 Å². The molecule has 0 radical (unpaired) electrons. The van der Waals surface area contributed by atoms with Crippen LogP contribution in [0, 0.1) is 0 Å². The summed E-state index contributed by atoms with van der Waals surface area (Å²) in [5, 5.41) is 2.04. The van der Waals surface area contributed by atoms with E-state index in [1.165, 1.54) is 0 Å². The lowest BCUT2D eigenvalue weighted by atomic mass is 10.1. The first-order valence-corrected chi connectivity index (χ1v) is 7.68. The number of ether oxygens (including phenoxy) is 1. The first-order valence-electron chi connectivity index (χ1n) is 6.86. The highest BCUT2D eigenvalue weighted by molar-refractivity contribution is 7.26. The van der Waals surface area contributed by atoms with E-state index in [4.69, 9.17) is 9.15 Å². The van der Waals surface area contributed by atoms with E-state index < -0.39 is 0 Å². The van der Waals surface area contributed by atoms with E-state index in [1.807, 2.05) is 42.5 Å². The average Bonchev–Trinajstić information content (AvgIpc) is 2.93. The monoisotopic (exact) mass is 308 g/mol. The van der Waals surface area contributed by atoms with Gasteiger partial charge in [0.2, 0.25) is 0 Å². The van der Waals surface area contributed by atoms with Crippen LogP contribution in [0.5, 0.6) is 5.75 Å². The molecule has 4 aromatic rings. The Morgan fingerprint density at radius 3 is 2.55 bits per heavy atom. The summed E-state index contributed by atoms with van der Waals surface area (Å²) in [6.45, 7) is 0. The first-order chi connectivity index (χ1) is 10.8. The molecule has 108 valence electrons. The number of benzene rings is 2. The normalized spacial score (nSPS) is 11.1. The van der Waals surface area contributed by atoms with Crippen molar-refractivity contribution < 1.29 is 9.15 Å². The maximum absolute atomic E-state index is 12.0. The maximum atomic E-state index is 12.0. The SMILES string of the molecule is COc1ccc(-c2oc(=O)cc3c2sc2ccccc23)cc1. The summed E-state index contributed by atoms with van der Waals surface area (Å²) in [6.07, 6.45) is 0. The van der Waals surface area contributed by atoms with Gasteiger partial charge in [0, 0.05) is 27.1 Å². The molecule has 0 aliphatic rings. The Balaban J connectivity index is 2.05. The molecule has 2 heterocycles. The average molecular weight is 308 g/mol. The van der Waals surface area contributed by atoms with Gasteiger partial charge in [-0.2, -0.15) is 0 Å². The lowest BCUT2D eigenvalue weighted by molar-refractivity contribution is 0.415. The fourth-order valence-electron chi connectivity index (χ4n) is 2.60. The predicted molar refractivity (Wildman–Crippen MR) is 89.9 cm³/mol. The van der Waals surface area contributed by atoms with Gasteiger partial charge in [-0.15, -0.1) is 11.3 Å². The Morgan fingerprint density at radius 2 is 1.77 bits per heavy atom. The summed E-state index contributed by atoms with van der Waals surface area (Å²) in [4.78, 5) is 12.0. The van der Waals surface area contributed by atoms with E-state index in [1.54, 1.807) is 24.5 Å². The van der Waals surface area contributed by atoms with Crippen LogP contribution in [0.25, 0.3) is 31.5 Å². The smallest absolute Gasteiger partial charge is 0.336 e. The second-order valence-electron chi connectivity index (χ2n) is 4.96. The fourth-order valence-corrected chi connectivity index (χ4v) is 3.79. The van der Waals surface area contributed by atoms with E-state index >= 15 is 0 Å². The Hall–Kier alpha value is -2.59. The number of hydrogen-bond donors (Lipinski definition) is 0. The minimum atomic E-state index is -0.332. The van der Waals surface area contributed by atoms with Crippen molar-refractivity contribution in [3.05, 3.63) is 65.0 Å². The summed E-state index contributed by atoms with van der Waals surface area (Å²) >= 11 is 1.64. The Bertz CT molecular complexity index is 1030. The summed E-state index contributed by atoms with van der Waals surface area (Å²) in [5.41, 5.74) is 0.539. The van der Waals surface area contributed by atoms with Crippen LogP contribution in [0.1, 0.15) is 0 Å². The molecule has 0 N–H and O–H groups in total. The number of thiophene rings is 1. The Kier molecular flexibility index (Phi) is 2.98. The third-order valence-corrected chi connectivity index (χ3v) is 4.84. The lowest BCUT2D eigenvalue weighted by Gasteiger charge is -2.03. The molecule has 2 aromatic heterocycles. The number of methoxy groups -OCH3 is 1. The lowest BCUT2D eigenvalue weighted by Crippen LogP contribution is -1.96. The molecule has 0 bridgehead atoms. The van der Waals surface area contributed by atoms with Crippen molar-refractivity contribution in [3.8, 4) is 17.1 Å². The van der Waals surface area contributed by atoms with Crippen LogP contribution in [0.15, 0.2) is 63.8 Å². The molecule has 0 fully saturated rings. The standard InChI is InChI=1S/C18H12O3S/c1-20-12-8-6-11(7-9-12)17-18-14(10-16(19)21-17)13-4-2-3-5-15(13)22-18/h2-10H,1H3. The summed E-state index contributed by atoms with van der Waals surface area (Å²) in [5.74, 6) is 1.39. The zero-order valence-electron chi connectivity index (χ0n) is 11.8. The Labute approximate surface area is 130 Å². The van der Waals surface area contributed by atoms with Gasteiger partial charge in [0.15, 0.2) is 5.76 Å². The van der Waals surface area contributed by atoms with Crippen LogP contribution in [0.3, 0.4) is 0 Å². The minimum Gasteiger partial charge on any atom is -0.497 e. The van der Waals surface area contributed by atoms with Crippen molar-refractivity contribution >= 4 is 31.5 Å². The van der Waals surface area contributed by atoms with E-state index in [0.29, 0.717) is 5.76 Å². The van der Waals surface area contributed by atoms with Crippen molar-refractivity contribution in [2.75, 3.05) is 7.11 Å². The van der Waals surface area contributed by atoms with Gasteiger partial charge in [-0.25, -0.2) is 4.79 Å². The third kappa shape index (κ3) is 2.00. The molecule has 22 heavy (non-hydrogen) atoms. The second kappa shape index (κ2) is 5.00. The van der Waals surface area contributed by atoms with E-state index in [-0.39, 0.29) is 5.63 Å². The molecule has 4 rings (SSSR count). The van der Waals surface area contributed by atoms with Crippen molar-refractivity contribution in [1.29, 1.82) is 0 Å². The van der Waals surface area contributed by atoms with Crippen LogP contribution in [-0.2, 0) is 0 Å². The number of hydrogen-bond acceptors (Lipinski definition) is 4. The number of fused-ring (bicyclic) bond motifs is 3. The van der Waals surface area contributed by atoms with Gasteiger partial charge in [0.05, 0.1) is 11.8 Å². The molecule has 4 heteroatoms. The van der Waals surface area contributed by atoms with Gasteiger partial charge in [-0.1, -0.05) is 18.2 Å². The van der Waals surface area contributed by atoms with E-state index in [9.17, 15) is 4.79 Å². The predicted octanol–water partition coefficient (Wildman–Crippen LogP) is 4.68. The van der Waals surface area contributed by atoms with Crippen molar-refractivity contribution in [1.82, 2.24) is 0 Å². The molecule has 0 saturated carbocycles. The molecular formula is C18H12O3S. The highest BCUT2D eigenvalue weighted by atomic mass is 32.1. The van der Waals surface area contributed by atoms with Crippen molar-refractivity contribution in [2.45, 2.75) is 0 Å². The maximum Gasteiger partial charge on any atom is 0.336 e. The van der Waals surface area contributed by atoms with Gasteiger partial charge in [-0.3, -0.25) is 0 Å². The molecule has 2 aromatic carbocycles. The molecule has 0 unspecified atom stereocenters. The molecule has 0 atom stereocenters. The van der Waals surface area contributed by atoms with Gasteiger partial charge in [0.25, 0.3) is 0 Å². The topological polar surface area (TPSA) is 39.4 Å². The van der Waals surface area contributed by atoms with Gasteiger partial charge in [-0.05, 0) is 30.3 Å². The molecule has 0 spiro atoms. The fraction of sp³-hybridized carbons (Fsp3) is 0.0556. The van der Waals surface area contributed by atoms with Gasteiger partial charge < -0.3 is 9.15 Å². The van der Waals surface area contributed by atoms with Crippen LogP contribution >= 0.6 is 11.3 Å². The molecule has 0 aliphatic carbocycles. The highest BCUT2D eigenvalue weighted by Gasteiger charge is 2.14. The molecule has 0 amide bonds. The third-order valence-electron chi connectivity index (χ3n) is 3.66. The first kappa shape index (κ1) is 13.1. The van der Waals surface area contributed by atoms with Crippen molar-refractivity contribution in [3.63, 3.8) is 0 Å². The Morgan fingerprint density at radius 1 is 1.00 bits per heavy atom. The zero-order chi connectivity index (χ0) is 15.1. The largest absolute Gasteiger partial charge is 0.497 e. The van der Waals surface area contributed by atoms with Crippen LogP contribution in [-0.4, -0.2) is 7.11 Å². The molecular weight excluding hydrogens is 296 g/mol. The number of rotatable bonds is 2. The highest BCUT2D eigenvalue weighted by Crippen LogP contribution is 2.38. The van der Waals surface area contributed by atoms with E-state index in [0.717, 1.165) is 31.5 Å². The summed E-state index contributed by atoms with van der Waals surface area (Å²) < 4.78 is 12.8. The zero-order valence-corrected chi connectivity index (χ0v) is 12.6. The quantitative estimate of drug-likeness (QED) is 0.539. The van der Waals surface area contributed by atoms with Crippen LogP contribution in [0.4, 0.5) is 0 Å². The summed E-state index contributed by atoms with van der Waals surface area (Å²) in [6, 6.07) is 17.2. The second-order valence-corrected chi connectivity index (χ2v) is 6.02. The molecule has 3 nitrogen and oxygen atoms in total.